The van der Waals surface area contributed by atoms with Gasteiger partial charge in [0.25, 0.3) is 5.91 Å². The molecule has 4 rings (SSSR count). The Morgan fingerprint density at radius 2 is 1.58 bits per heavy atom. The van der Waals surface area contributed by atoms with Crippen LogP contribution in [0, 0.1) is 0 Å². The monoisotopic (exact) mass is 546 g/mol. The summed E-state index contributed by atoms with van der Waals surface area (Å²) in [6.45, 7) is 0. The minimum Gasteiger partial charge on any atom is -0.497 e. The highest BCUT2D eigenvalue weighted by molar-refractivity contribution is 8.00. The predicted octanol–water partition coefficient (Wildman–Crippen LogP) is 6.77. The highest BCUT2D eigenvalue weighted by atomic mass is 35.5. The van der Waals surface area contributed by atoms with E-state index in [0.717, 1.165) is 10.5 Å². The van der Waals surface area contributed by atoms with Crippen LogP contribution in [0.4, 0.5) is 11.4 Å². The highest BCUT2D eigenvalue weighted by Gasteiger charge is 2.23. The number of rotatable bonds is 9. The van der Waals surface area contributed by atoms with Crippen LogP contribution in [0.3, 0.4) is 0 Å². The molecule has 7 nitrogen and oxygen atoms in total. The van der Waals surface area contributed by atoms with E-state index in [1.165, 1.54) is 31.0 Å². The van der Waals surface area contributed by atoms with Gasteiger partial charge in [0.15, 0.2) is 0 Å². The SMILES string of the molecule is COc1cccc(C(=O)Nc2cccc(SC(C(=O)Nc3ccc(Cl)c(C(=O)O)c3)c3ccccc3)c2)c1. The summed E-state index contributed by atoms with van der Waals surface area (Å²) in [6, 6.07) is 27.6. The molecule has 0 bridgehead atoms. The number of amides is 2. The molecule has 192 valence electrons. The van der Waals surface area contributed by atoms with Gasteiger partial charge in [-0.2, -0.15) is 0 Å². The summed E-state index contributed by atoms with van der Waals surface area (Å²) in [5.41, 5.74) is 1.99. The van der Waals surface area contributed by atoms with Gasteiger partial charge >= 0.3 is 5.97 Å². The van der Waals surface area contributed by atoms with Crippen molar-refractivity contribution in [2.24, 2.45) is 0 Å². The van der Waals surface area contributed by atoms with Crippen LogP contribution in [-0.2, 0) is 4.79 Å². The lowest BCUT2D eigenvalue weighted by atomic mass is 10.1. The van der Waals surface area contributed by atoms with Gasteiger partial charge in [0.05, 0.1) is 17.7 Å². The summed E-state index contributed by atoms with van der Waals surface area (Å²) in [4.78, 5) is 38.4. The van der Waals surface area contributed by atoms with Gasteiger partial charge in [0.2, 0.25) is 5.91 Å². The second-order valence-corrected chi connectivity index (χ2v) is 9.70. The predicted molar refractivity (Wildman–Crippen MR) is 149 cm³/mol. The maximum Gasteiger partial charge on any atom is 0.337 e. The number of ether oxygens (including phenoxy) is 1. The number of anilines is 2. The van der Waals surface area contributed by atoms with Crippen molar-refractivity contribution in [1.82, 2.24) is 0 Å². The second-order valence-electron chi connectivity index (χ2n) is 8.11. The number of nitrogens with one attached hydrogen (secondary N) is 2. The van der Waals surface area contributed by atoms with Gasteiger partial charge in [-0.1, -0.05) is 54.1 Å². The molecular weight excluding hydrogens is 524 g/mol. The third-order valence-electron chi connectivity index (χ3n) is 5.48. The van der Waals surface area contributed by atoms with Crippen LogP contribution in [0.25, 0.3) is 0 Å². The van der Waals surface area contributed by atoms with E-state index >= 15 is 0 Å². The second kappa shape index (κ2) is 12.3. The lowest BCUT2D eigenvalue weighted by Crippen LogP contribution is -2.19. The molecule has 1 unspecified atom stereocenters. The number of carbonyl (C=O) groups is 3. The lowest BCUT2D eigenvalue weighted by Gasteiger charge is -2.18. The highest BCUT2D eigenvalue weighted by Crippen LogP contribution is 2.37. The molecule has 0 radical (unpaired) electrons. The molecule has 0 aliphatic carbocycles. The zero-order valence-corrected chi connectivity index (χ0v) is 21.8. The Labute approximate surface area is 228 Å². The smallest absolute Gasteiger partial charge is 0.337 e. The minimum absolute atomic E-state index is 0.0808. The van der Waals surface area contributed by atoms with Crippen LogP contribution in [0.1, 0.15) is 31.5 Å². The first-order valence-corrected chi connectivity index (χ1v) is 12.7. The fourth-order valence-corrected chi connectivity index (χ4v) is 4.91. The summed E-state index contributed by atoms with van der Waals surface area (Å²) in [5, 5.41) is 14.5. The molecule has 0 aromatic heterocycles. The molecule has 0 aliphatic heterocycles. The Morgan fingerprint density at radius 1 is 0.842 bits per heavy atom. The number of carbonyl (C=O) groups excluding carboxylic acids is 2. The summed E-state index contributed by atoms with van der Waals surface area (Å²) >= 11 is 7.26. The van der Waals surface area contributed by atoms with Crippen molar-refractivity contribution < 1.29 is 24.2 Å². The molecule has 0 saturated heterocycles. The number of carboxylic acid groups (broad SMARTS) is 1. The molecule has 9 heteroatoms. The van der Waals surface area contributed by atoms with Crippen LogP contribution in [0.5, 0.6) is 5.75 Å². The number of methoxy groups -OCH3 is 1. The van der Waals surface area contributed by atoms with Gasteiger partial charge in [-0.25, -0.2) is 4.79 Å². The lowest BCUT2D eigenvalue weighted by molar-refractivity contribution is -0.115. The minimum atomic E-state index is -1.19. The van der Waals surface area contributed by atoms with Gasteiger partial charge < -0.3 is 20.5 Å². The molecule has 4 aromatic carbocycles. The Morgan fingerprint density at radius 3 is 2.32 bits per heavy atom. The van der Waals surface area contributed by atoms with Crippen molar-refractivity contribution in [1.29, 1.82) is 0 Å². The average Bonchev–Trinajstić information content (AvgIpc) is 2.93. The molecule has 1 atom stereocenters. The van der Waals surface area contributed by atoms with Crippen LogP contribution in [-0.4, -0.2) is 30.0 Å². The number of benzene rings is 4. The van der Waals surface area contributed by atoms with Gasteiger partial charge in [0.1, 0.15) is 11.0 Å². The maximum absolute atomic E-state index is 13.4. The largest absolute Gasteiger partial charge is 0.497 e. The molecule has 3 N–H and O–H groups in total. The number of thioether (sulfide) groups is 1. The number of aromatic carboxylic acids is 1. The normalized spacial score (nSPS) is 11.3. The average molecular weight is 547 g/mol. The van der Waals surface area contributed by atoms with E-state index in [0.29, 0.717) is 22.7 Å². The van der Waals surface area contributed by atoms with Gasteiger partial charge in [0, 0.05) is 21.8 Å². The quantitative estimate of drug-likeness (QED) is 0.200. The Balaban J connectivity index is 1.55. The van der Waals surface area contributed by atoms with Crippen molar-refractivity contribution in [2.45, 2.75) is 10.1 Å². The van der Waals surface area contributed by atoms with Crippen molar-refractivity contribution in [3.63, 3.8) is 0 Å². The van der Waals surface area contributed by atoms with E-state index in [9.17, 15) is 19.5 Å². The summed E-state index contributed by atoms with van der Waals surface area (Å²) in [6.07, 6.45) is 0. The van der Waals surface area contributed by atoms with Gasteiger partial charge in [-0.15, -0.1) is 11.8 Å². The first kappa shape index (κ1) is 26.8. The molecule has 38 heavy (non-hydrogen) atoms. The first-order valence-electron chi connectivity index (χ1n) is 11.4. The van der Waals surface area contributed by atoms with Gasteiger partial charge in [-0.05, 0) is 60.2 Å². The van der Waals surface area contributed by atoms with Crippen LogP contribution < -0.4 is 15.4 Å². The molecule has 0 saturated carbocycles. The summed E-state index contributed by atoms with van der Waals surface area (Å²) in [5.74, 6) is -1.24. The molecular formula is C29H23ClN2O5S. The van der Waals surface area contributed by atoms with E-state index in [-0.39, 0.29) is 22.4 Å². The molecule has 2 amide bonds. The van der Waals surface area contributed by atoms with Gasteiger partial charge in [-0.3, -0.25) is 9.59 Å². The summed E-state index contributed by atoms with van der Waals surface area (Å²) in [7, 11) is 1.54. The number of halogens is 1. The topological polar surface area (TPSA) is 105 Å². The Hall–Kier alpha value is -4.27. The van der Waals surface area contributed by atoms with Crippen LogP contribution in [0.15, 0.2) is 102 Å². The zero-order chi connectivity index (χ0) is 27.1. The number of hydrogen-bond acceptors (Lipinski definition) is 5. The van der Waals surface area contributed by atoms with Crippen molar-refractivity contribution in [3.8, 4) is 5.75 Å². The van der Waals surface area contributed by atoms with E-state index in [4.69, 9.17) is 16.3 Å². The zero-order valence-electron chi connectivity index (χ0n) is 20.2. The number of hydrogen-bond donors (Lipinski definition) is 3. The fraction of sp³-hybridized carbons (Fsp3) is 0.0690. The fourth-order valence-electron chi connectivity index (χ4n) is 3.63. The van der Waals surface area contributed by atoms with Crippen LogP contribution in [0.2, 0.25) is 5.02 Å². The molecule has 4 aromatic rings. The molecule has 0 spiro atoms. The van der Waals surface area contributed by atoms with E-state index in [1.54, 1.807) is 48.5 Å². The first-order chi connectivity index (χ1) is 18.3. The third kappa shape index (κ3) is 6.73. The Kier molecular flexibility index (Phi) is 8.68. The molecule has 0 heterocycles. The maximum atomic E-state index is 13.4. The van der Waals surface area contributed by atoms with Crippen molar-refractivity contribution >= 4 is 52.5 Å². The molecule has 0 fully saturated rings. The van der Waals surface area contributed by atoms with Crippen molar-refractivity contribution in [3.05, 3.63) is 119 Å². The van der Waals surface area contributed by atoms with Crippen LogP contribution >= 0.6 is 23.4 Å². The van der Waals surface area contributed by atoms with E-state index in [1.807, 2.05) is 36.4 Å². The van der Waals surface area contributed by atoms with E-state index < -0.39 is 11.2 Å². The third-order valence-corrected chi connectivity index (χ3v) is 7.06. The standard InChI is InChI=1S/C29H23ClN2O5S/c1-37-22-11-5-9-19(15-22)27(33)31-20-10-6-12-23(16-20)38-26(18-7-3-2-4-8-18)28(34)32-21-13-14-25(30)24(17-21)29(35)36/h2-17,26H,1H3,(H,31,33)(H,32,34)(H,35,36). The Bertz CT molecular complexity index is 1480. The summed E-state index contributed by atoms with van der Waals surface area (Å²) < 4.78 is 5.19. The van der Waals surface area contributed by atoms with Crippen molar-refractivity contribution in [2.75, 3.05) is 17.7 Å². The molecule has 0 aliphatic rings. The number of carboxylic acids is 1. The van der Waals surface area contributed by atoms with E-state index in [2.05, 4.69) is 10.6 Å².